The molecular weight excluding hydrogens is 316 g/mol. The molecule has 2 rings (SSSR count). The van der Waals surface area contributed by atoms with E-state index in [1.807, 2.05) is 0 Å². The maximum Gasteiger partial charge on any atom is 0.322 e. The second-order valence-electron chi connectivity index (χ2n) is 4.91. The Bertz CT molecular complexity index is 603. The summed E-state index contributed by atoms with van der Waals surface area (Å²) in [5.74, 6) is -1.11. The Hall–Kier alpha value is -1.15. The van der Waals surface area contributed by atoms with Crippen molar-refractivity contribution in [2.75, 3.05) is 6.54 Å². The molecule has 1 aromatic rings. The molecule has 0 radical (unpaired) electrons. The average Bonchev–Trinajstić information content (AvgIpc) is 2.47. The van der Waals surface area contributed by atoms with E-state index in [-0.39, 0.29) is 13.1 Å². The Balaban J connectivity index is 2.06. The molecular formula is C13H17ClN2O4S. The minimum absolute atomic E-state index is 0.0995. The maximum atomic E-state index is 12.3. The van der Waals surface area contributed by atoms with Crippen molar-refractivity contribution >= 4 is 27.8 Å². The van der Waals surface area contributed by atoms with Gasteiger partial charge in [-0.25, -0.2) is 0 Å². The van der Waals surface area contributed by atoms with Crippen molar-refractivity contribution in [1.29, 1.82) is 0 Å². The van der Waals surface area contributed by atoms with E-state index >= 15 is 0 Å². The van der Waals surface area contributed by atoms with Gasteiger partial charge < -0.3 is 5.11 Å². The van der Waals surface area contributed by atoms with Gasteiger partial charge in [0.15, 0.2) is 0 Å². The van der Waals surface area contributed by atoms with Gasteiger partial charge >= 0.3 is 5.97 Å². The number of carboxylic acids is 1. The molecule has 0 saturated carbocycles. The second-order valence-corrected chi connectivity index (χ2v) is 7.06. The SMILES string of the molecule is O=C(O)C1CCCCN1S(=O)(=O)NCc1ccc(Cl)cc1. The lowest BCUT2D eigenvalue weighted by molar-refractivity contribution is -0.142. The third-order valence-corrected chi connectivity index (χ3v) is 5.24. The summed E-state index contributed by atoms with van der Waals surface area (Å²) in [6, 6.07) is 5.80. The number of aliphatic carboxylic acids is 1. The molecule has 21 heavy (non-hydrogen) atoms. The quantitative estimate of drug-likeness (QED) is 0.857. The largest absolute Gasteiger partial charge is 0.480 e. The summed E-state index contributed by atoms with van der Waals surface area (Å²) in [5.41, 5.74) is 0.756. The van der Waals surface area contributed by atoms with E-state index in [2.05, 4.69) is 4.72 Å². The second kappa shape index (κ2) is 6.74. The highest BCUT2D eigenvalue weighted by Gasteiger charge is 2.36. The van der Waals surface area contributed by atoms with Crippen LogP contribution in [0.3, 0.4) is 0 Å². The normalized spacial score (nSPS) is 20.3. The smallest absolute Gasteiger partial charge is 0.322 e. The predicted octanol–water partition coefficient (Wildman–Crippen LogP) is 1.61. The van der Waals surface area contributed by atoms with E-state index in [1.165, 1.54) is 0 Å². The fourth-order valence-corrected chi connectivity index (χ4v) is 3.84. The molecule has 1 atom stereocenters. The van der Waals surface area contributed by atoms with Gasteiger partial charge in [0, 0.05) is 18.1 Å². The number of hydrogen-bond donors (Lipinski definition) is 2. The number of rotatable bonds is 5. The summed E-state index contributed by atoms with van der Waals surface area (Å²) < 4.78 is 28.0. The molecule has 1 saturated heterocycles. The molecule has 0 aromatic heterocycles. The molecule has 6 nitrogen and oxygen atoms in total. The molecule has 1 aromatic carbocycles. The van der Waals surface area contributed by atoms with Crippen molar-refractivity contribution in [3.63, 3.8) is 0 Å². The summed E-state index contributed by atoms with van der Waals surface area (Å²) in [5, 5.41) is 9.71. The topological polar surface area (TPSA) is 86.7 Å². The van der Waals surface area contributed by atoms with Crippen LogP contribution in [0, 0.1) is 0 Å². The Morgan fingerprint density at radius 1 is 1.33 bits per heavy atom. The molecule has 0 bridgehead atoms. The Labute approximate surface area is 128 Å². The number of piperidine rings is 1. The zero-order valence-corrected chi connectivity index (χ0v) is 12.9. The lowest BCUT2D eigenvalue weighted by Gasteiger charge is -2.31. The molecule has 1 fully saturated rings. The van der Waals surface area contributed by atoms with E-state index in [9.17, 15) is 13.2 Å². The first-order valence-electron chi connectivity index (χ1n) is 6.64. The molecule has 1 aliphatic rings. The zero-order valence-electron chi connectivity index (χ0n) is 11.3. The minimum atomic E-state index is -3.82. The van der Waals surface area contributed by atoms with Gasteiger partial charge in [0.1, 0.15) is 6.04 Å². The number of nitrogens with one attached hydrogen (secondary N) is 1. The fraction of sp³-hybridized carbons (Fsp3) is 0.462. The molecule has 1 unspecified atom stereocenters. The van der Waals surface area contributed by atoms with Crippen LogP contribution >= 0.6 is 11.6 Å². The number of hydrogen-bond acceptors (Lipinski definition) is 3. The average molecular weight is 333 g/mol. The van der Waals surface area contributed by atoms with Crippen molar-refractivity contribution in [3.05, 3.63) is 34.9 Å². The van der Waals surface area contributed by atoms with Gasteiger partial charge in [-0.15, -0.1) is 0 Å². The van der Waals surface area contributed by atoms with Crippen LogP contribution in [0.2, 0.25) is 5.02 Å². The van der Waals surface area contributed by atoms with Gasteiger partial charge in [-0.2, -0.15) is 17.4 Å². The third-order valence-electron chi connectivity index (χ3n) is 3.42. The van der Waals surface area contributed by atoms with Crippen LogP contribution in [0.25, 0.3) is 0 Å². The lowest BCUT2D eigenvalue weighted by atomic mass is 10.1. The Morgan fingerprint density at radius 3 is 2.62 bits per heavy atom. The lowest BCUT2D eigenvalue weighted by Crippen LogP contribution is -2.51. The molecule has 0 aliphatic carbocycles. The maximum absolute atomic E-state index is 12.3. The molecule has 1 aliphatic heterocycles. The van der Waals surface area contributed by atoms with Crippen molar-refractivity contribution in [3.8, 4) is 0 Å². The number of carbonyl (C=O) groups is 1. The monoisotopic (exact) mass is 332 g/mol. The number of nitrogens with zero attached hydrogens (tertiary/aromatic N) is 1. The summed E-state index contributed by atoms with van der Waals surface area (Å²) in [7, 11) is -3.82. The number of halogens is 1. The van der Waals surface area contributed by atoms with Crippen LogP contribution in [0.1, 0.15) is 24.8 Å². The molecule has 116 valence electrons. The van der Waals surface area contributed by atoms with Gasteiger partial charge in [-0.05, 0) is 37.0 Å². The first kappa shape index (κ1) is 16.2. The Kier molecular flexibility index (Phi) is 5.21. The van der Waals surface area contributed by atoms with E-state index in [0.29, 0.717) is 17.9 Å². The van der Waals surface area contributed by atoms with Crippen molar-refractivity contribution < 1.29 is 18.3 Å². The summed E-state index contributed by atoms with van der Waals surface area (Å²) in [6.07, 6.45) is 1.74. The van der Waals surface area contributed by atoms with Crippen molar-refractivity contribution in [2.24, 2.45) is 0 Å². The first-order chi connectivity index (χ1) is 9.90. The van der Waals surface area contributed by atoms with Crippen LogP contribution in [0.15, 0.2) is 24.3 Å². The van der Waals surface area contributed by atoms with Gasteiger partial charge in [-0.3, -0.25) is 4.79 Å². The van der Waals surface area contributed by atoms with Gasteiger partial charge in [0.25, 0.3) is 10.2 Å². The third kappa shape index (κ3) is 4.16. The van der Waals surface area contributed by atoms with Crippen LogP contribution in [0.5, 0.6) is 0 Å². The summed E-state index contributed by atoms with van der Waals surface area (Å²) in [6.45, 7) is 0.329. The highest BCUT2D eigenvalue weighted by Crippen LogP contribution is 2.20. The molecule has 8 heteroatoms. The first-order valence-corrected chi connectivity index (χ1v) is 8.45. The highest BCUT2D eigenvalue weighted by molar-refractivity contribution is 7.87. The van der Waals surface area contributed by atoms with Gasteiger partial charge in [0.05, 0.1) is 0 Å². The van der Waals surface area contributed by atoms with Gasteiger partial charge in [-0.1, -0.05) is 23.7 Å². The van der Waals surface area contributed by atoms with Crippen LogP contribution in [-0.4, -0.2) is 36.4 Å². The molecule has 0 amide bonds. The zero-order chi connectivity index (χ0) is 15.5. The molecule has 1 heterocycles. The summed E-state index contributed by atoms with van der Waals surface area (Å²) >= 11 is 5.77. The fourth-order valence-electron chi connectivity index (χ4n) is 2.30. The van der Waals surface area contributed by atoms with E-state index in [1.54, 1.807) is 24.3 Å². The van der Waals surface area contributed by atoms with Crippen LogP contribution < -0.4 is 4.72 Å². The standard InChI is InChI=1S/C13H17ClN2O4S/c14-11-6-4-10(5-7-11)9-15-21(19,20)16-8-2-1-3-12(16)13(17)18/h4-7,12,15H,1-3,8-9H2,(H,17,18). The predicted molar refractivity (Wildman–Crippen MR) is 79.2 cm³/mol. The van der Waals surface area contributed by atoms with Crippen molar-refractivity contribution in [2.45, 2.75) is 31.8 Å². The molecule has 2 N–H and O–H groups in total. The molecule has 0 spiro atoms. The van der Waals surface area contributed by atoms with Crippen molar-refractivity contribution in [1.82, 2.24) is 9.03 Å². The summed E-state index contributed by atoms with van der Waals surface area (Å²) in [4.78, 5) is 11.2. The van der Waals surface area contributed by atoms with Crippen LogP contribution in [-0.2, 0) is 21.5 Å². The highest BCUT2D eigenvalue weighted by atomic mass is 35.5. The number of benzene rings is 1. The number of carboxylic acid groups (broad SMARTS) is 1. The van der Waals surface area contributed by atoms with Gasteiger partial charge in [0.2, 0.25) is 0 Å². The Morgan fingerprint density at radius 2 is 2.00 bits per heavy atom. The van der Waals surface area contributed by atoms with E-state index in [4.69, 9.17) is 16.7 Å². The van der Waals surface area contributed by atoms with Crippen LogP contribution in [0.4, 0.5) is 0 Å². The van der Waals surface area contributed by atoms with E-state index in [0.717, 1.165) is 16.3 Å². The van der Waals surface area contributed by atoms with E-state index < -0.39 is 22.2 Å². The minimum Gasteiger partial charge on any atom is -0.480 e.